The van der Waals surface area contributed by atoms with Gasteiger partial charge in [-0.2, -0.15) is 0 Å². The summed E-state index contributed by atoms with van der Waals surface area (Å²) in [5.74, 6) is -0.649. The number of aromatic nitrogens is 1. The van der Waals surface area contributed by atoms with Crippen LogP contribution in [0.2, 0.25) is 0 Å². The highest BCUT2D eigenvalue weighted by Crippen LogP contribution is 2.25. The summed E-state index contributed by atoms with van der Waals surface area (Å²) in [7, 11) is -3.76. The van der Waals surface area contributed by atoms with Crippen LogP contribution in [-0.2, 0) is 26.2 Å². The summed E-state index contributed by atoms with van der Waals surface area (Å²) in [5.41, 5.74) is 3.91. The van der Waals surface area contributed by atoms with E-state index in [-0.39, 0.29) is 12.0 Å². The van der Waals surface area contributed by atoms with Gasteiger partial charge in [0.15, 0.2) is 0 Å². The molecule has 2 aromatic carbocycles. The topological polar surface area (TPSA) is 138 Å². The molecule has 0 aliphatic carbocycles. The van der Waals surface area contributed by atoms with Gasteiger partial charge in [0, 0.05) is 36.8 Å². The summed E-state index contributed by atoms with van der Waals surface area (Å²) in [6.45, 7) is 4.34. The Kier molecular flexibility index (Phi) is 8.60. The molecule has 1 aliphatic heterocycles. The van der Waals surface area contributed by atoms with Crippen molar-refractivity contribution in [3.05, 3.63) is 71.4 Å². The molecule has 0 radical (unpaired) electrons. The van der Waals surface area contributed by atoms with E-state index in [4.69, 9.17) is 4.74 Å². The average molecular weight is 541 g/mol. The monoisotopic (exact) mass is 540 g/mol. The van der Waals surface area contributed by atoms with E-state index in [1.807, 2.05) is 37.3 Å². The van der Waals surface area contributed by atoms with Crippen molar-refractivity contribution >= 4 is 38.6 Å². The number of piperidine rings is 1. The van der Waals surface area contributed by atoms with Crippen LogP contribution in [0.3, 0.4) is 0 Å². The number of pyridine rings is 1. The number of fused-ring (bicyclic) bond motifs is 1. The maximum Gasteiger partial charge on any atom is 0.405 e. The summed E-state index contributed by atoms with van der Waals surface area (Å²) < 4.78 is 34.0. The lowest BCUT2D eigenvalue weighted by molar-refractivity contribution is -0.114. The Morgan fingerprint density at radius 3 is 2.47 bits per heavy atom. The van der Waals surface area contributed by atoms with E-state index in [9.17, 15) is 23.1 Å². The number of hydrogen-bond donors (Lipinski definition) is 3. The minimum absolute atomic E-state index is 0.0806. The van der Waals surface area contributed by atoms with Crippen LogP contribution in [-0.4, -0.2) is 59.8 Å². The van der Waals surface area contributed by atoms with Gasteiger partial charge in [0.2, 0.25) is 15.9 Å². The number of nitrogens with zero attached hydrogens (tertiary/aromatic N) is 2. The molecule has 0 saturated carbocycles. The molecule has 1 fully saturated rings. The van der Waals surface area contributed by atoms with E-state index in [1.165, 1.54) is 11.2 Å². The molecule has 4 rings (SSSR count). The van der Waals surface area contributed by atoms with Crippen LogP contribution in [0, 0.1) is 6.92 Å². The summed E-state index contributed by atoms with van der Waals surface area (Å²) in [6, 6.07) is 15.4. The molecular formula is C27H32N4O6S. The molecular weight excluding hydrogens is 508 g/mol. The molecule has 1 atom stereocenters. The average Bonchev–Trinajstić information content (AvgIpc) is 2.87. The van der Waals surface area contributed by atoms with Crippen molar-refractivity contribution in [1.29, 1.82) is 0 Å². The first-order chi connectivity index (χ1) is 18.1. The fourth-order valence-electron chi connectivity index (χ4n) is 4.69. The van der Waals surface area contributed by atoms with E-state index in [1.54, 1.807) is 24.3 Å². The second kappa shape index (κ2) is 11.9. The molecule has 1 aromatic heterocycles. The number of nitrogens with one attached hydrogen (secondary N) is 2. The Bertz CT molecular complexity index is 1400. The van der Waals surface area contributed by atoms with Crippen molar-refractivity contribution in [2.45, 2.75) is 45.4 Å². The molecule has 202 valence electrons. The number of hydrogen-bond acceptors (Lipinski definition) is 6. The van der Waals surface area contributed by atoms with Crippen LogP contribution in [0.25, 0.3) is 10.9 Å². The molecule has 3 aromatic rings. The van der Waals surface area contributed by atoms with Crippen molar-refractivity contribution in [2.75, 3.05) is 24.2 Å². The van der Waals surface area contributed by atoms with Crippen molar-refractivity contribution < 1.29 is 27.9 Å². The lowest BCUT2D eigenvalue weighted by atomic mass is 10.1. The molecule has 1 unspecified atom stereocenters. The van der Waals surface area contributed by atoms with E-state index >= 15 is 0 Å². The second-order valence-corrected chi connectivity index (χ2v) is 11.4. The molecule has 10 nitrogen and oxygen atoms in total. The highest BCUT2D eigenvalue weighted by atomic mass is 32.2. The Morgan fingerprint density at radius 2 is 1.82 bits per heavy atom. The van der Waals surface area contributed by atoms with Crippen molar-refractivity contribution in [3.8, 4) is 0 Å². The summed E-state index contributed by atoms with van der Waals surface area (Å²) in [6.07, 6.45) is -0.307. The van der Waals surface area contributed by atoms with Crippen LogP contribution in [0.5, 0.6) is 0 Å². The van der Waals surface area contributed by atoms with Gasteiger partial charge in [-0.15, -0.1) is 0 Å². The molecule has 2 amide bonds. The largest absolute Gasteiger partial charge is 0.465 e. The Morgan fingerprint density at radius 1 is 1.13 bits per heavy atom. The molecule has 0 bridgehead atoms. The van der Waals surface area contributed by atoms with Crippen LogP contribution >= 0.6 is 0 Å². The van der Waals surface area contributed by atoms with Crippen LogP contribution in [0.1, 0.15) is 42.6 Å². The number of ether oxygens (including phenoxy) is 1. The van der Waals surface area contributed by atoms with Crippen LogP contribution < -0.4 is 10.6 Å². The molecule has 0 spiro atoms. The maximum absolute atomic E-state index is 13.2. The zero-order valence-electron chi connectivity index (χ0n) is 21.4. The van der Waals surface area contributed by atoms with Gasteiger partial charge in [-0.25, -0.2) is 17.5 Å². The highest BCUT2D eigenvalue weighted by molar-refractivity contribution is 7.89. The Hall–Kier alpha value is -3.54. The number of carbonyl (C=O) groups is 2. The number of rotatable bonds is 9. The first-order valence-corrected chi connectivity index (χ1v) is 14.0. The van der Waals surface area contributed by atoms with E-state index in [0.29, 0.717) is 43.8 Å². The number of para-hydroxylation sites is 1. The SMILES string of the molecule is CC(=O)Nc1ccc(C(CS(=O)(=O)N2CCC(OCc3cc(C)nc4ccccc34)CC2)NC(=O)O)cc1. The smallest absolute Gasteiger partial charge is 0.405 e. The van der Waals surface area contributed by atoms with Gasteiger partial charge in [0.25, 0.3) is 0 Å². The first kappa shape index (κ1) is 27.5. The number of aryl methyl sites for hydroxylation is 1. The predicted octanol–water partition coefficient (Wildman–Crippen LogP) is 3.82. The van der Waals surface area contributed by atoms with E-state index < -0.39 is 27.9 Å². The van der Waals surface area contributed by atoms with Gasteiger partial charge in [-0.1, -0.05) is 30.3 Å². The molecule has 2 heterocycles. The first-order valence-electron chi connectivity index (χ1n) is 12.4. The quantitative estimate of drug-likeness (QED) is 0.375. The fraction of sp³-hybridized carbons (Fsp3) is 0.370. The summed E-state index contributed by atoms with van der Waals surface area (Å²) >= 11 is 0. The van der Waals surface area contributed by atoms with Gasteiger partial charge < -0.3 is 20.5 Å². The number of benzene rings is 2. The zero-order chi connectivity index (χ0) is 27.3. The lowest BCUT2D eigenvalue weighted by Crippen LogP contribution is -2.44. The summed E-state index contributed by atoms with van der Waals surface area (Å²) in [5, 5.41) is 15.3. The van der Waals surface area contributed by atoms with Gasteiger partial charge in [0.05, 0.1) is 30.0 Å². The van der Waals surface area contributed by atoms with Crippen LogP contribution in [0.15, 0.2) is 54.6 Å². The third kappa shape index (κ3) is 7.06. The normalized spacial score (nSPS) is 15.7. The Balaban J connectivity index is 1.36. The van der Waals surface area contributed by atoms with Gasteiger partial charge in [-0.3, -0.25) is 9.78 Å². The third-order valence-electron chi connectivity index (χ3n) is 6.51. The zero-order valence-corrected chi connectivity index (χ0v) is 22.2. The Labute approximate surface area is 222 Å². The van der Waals surface area contributed by atoms with Crippen molar-refractivity contribution in [1.82, 2.24) is 14.6 Å². The minimum Gasteiger partial charge on any atom is -0.465 e. The van der Waals surface area contributed by atoms with Gasteiger partial charge >= 0.3 is 6.09 Å². The van der Waals surface area contributed by atoms with Crippen molar-refractivity contribution in [3.63, 3.8) is 0 Å². The molecule has 38 heavy (non-hydrogen) atoms. The minimum atomic E-state index is -3.76. The van der Waals surface area contributed by atoms with E-state index in [0.717, 1.165) is 22.2 Å². The molecule has 1 saturated heterocycles. The molecule has 11 heteroatoms. The third-order valence-corrected chi connectivity index (χ3v) is 8.41. The highest BCUT2D eigenvalue weighted by Gasteiger charge is 2.32. The number of amides is 2. The van der Waals surface area contributed by atoms with E-state index in [2.05, 4.69) is 15.6 Å². The van der Waals surface area contributed by atoms with Gasteiger partial charge in [0.1, 0.15) is 0 Å². The van der Waals surface area contributed by atoms with Gasteiger partial charge in [-0.05, 0) is 55.2 Å². The molecule has 1 aliphatic rings. The lowest BCUT2D eigenvalue weighted by Gasteiger charge is -2.32. The van der Waals surface area contributed by atoms with Crippen LogP contribution in [0.4, 0.5) is 10.5 Å². The number of anilines is 1. The standard InChI is InChI=1S/C27H32N4O6S/c1-18-15-21(24-5-3-4-6-25(24)28-18)16-37-23-11-13-31(14-12-23)38(35,36)17-26(30-27(33)34)20-7-9-22(10-8-20)29-19(2)32/h3-10,15,23,26,30H,11-14,16-17H2,1-2H3,(H,29,32)(H,33,34). The second-order valence-electron chi connectivity index (χ2n) is 9.43. The number of carbonyl (C=O) groups excluding carboxylic acids is 1. The predicted molar refractivity (Wildman–Crippen MR) is 144 cm³/mol. The van der Waals surface area contributed by atoms with Crippen molar-refractivity contribution in [2.24, 2.45) is 0 Å². The molecule has 3 N–H and O–H groups in total. The fourth-order valence-corrected chi connectivity index (χ4v) is 6.36. The number of carboxylic acid groups (broad SMARTS) is 1. The summed E-state index contributed by atoms with van der Waals surface area (Å²) in [4.78, 5) is 27.2. The number of sulfonamides is 1. The maximum atomic E-state index is 13.2.